The van der Waals surface area contributed by atoms with Crippen LogP contribution in [0, 0.1) is 0 Å². The number of aromatic nitrogens is 1. The van der Waals surface area contributed by atoms with Gasteiger partial charge in [-0.15, -0.1) is 0 Å². The van der Waals surface area contributed by atoms with Gasteiger partial charge >= 0.3 is 0 Å². The Labute approximate surface area is 163 Å². The van der Waals surface area contributed by atoms with E-state index in [1.54, 1.807) is 53.6 Å². The molecule has 6 heteroatoms. The predicted molar refractivity (Wildman–Crippen MR) is 109 cm³/mol. The Kier molecular flexibility index (Phi) is 5.69. The van der Waals surface area contributed by atoms with Crippen LogP contribution in [0.2, 0.25) is 0 Å². The summed E-state index contributed by atoms with van der Waals surface area (Å²) in [7, 11) is 5.15. The first-order valence-electron chi connectivity index (χ1n) is 8.72. The van der Waals surface area contributed by atoms with E-state index in [1.165, 1.54) is 7.11 Å². The maximum Gasteiger partial charge on any atom is 0.259 e. The van der Waals surface area contributed by atoms with Crippen molar-refractivity contribution in [2.75, 3.05) is 31.4 Å². The molecule has 0 aliphatic rings. The number of amides is 1. The SMILES string of the molecule is COc1ccc(C(=O)c2ccccc2)cc1NC(=O)c1cccnc1N(C)C. The van der Waals surface area contributed by atoms with Crippen molar-refractivity contribution in [2.24, 2.45) is 0 Å². The van der Waals surface area contributed by atoms with Crippen molar-refractivity contribution in [3.05, 3.63) is 83.6 Å². The first-order chi connectivity index (χ1) is 13.5. The fourth-order valence-electron chi connectivity index (χ4n) is 2.82. The molecule has 2 aromatic carbocycles. The van der Waals surface area contributed by atoms with Gasteiger partial charge in [0.05, 0.1) is 18.4 Å². The maximum atomic E-state index is 12.8. The minimum atomic E-state index is -0.334. The van der Waals surface area contributed by atoms with Crippen LogP contribution in [0.3, 0.4) is 0 Å². The molecular formula is C22H21N3O3. The van der Waals surface area contributed by atoms with Crippen molar-refractivity contribution in [1.82, 2.24) is 4.98 Å². The molecule has 1 amide bonds. The van der Waals surface area contributed by atoms with Gasteiger partial charge in [-0.2, -0.15) is 0 Å². The van der Waals surface area contributed by atoms with Gasteiger partial charge in [0.2, 0.25) is 0 Å². The number of carbonyl (C=O) groups excluding carboxylic acids is 2. The summed E-state index contributed by atoms with van der Waals surface area (Å²) in [6.45, 7) is 0. The Bertz CT molecular complexity index is 1000. The van der Waals surface area contributed by atoms with E-state index in [0.29, 0.717) is 33.9 Å². The van der Waals surface area contributed by atoms with Gasteiger partial charge in [0.1, 0.15) is 11.6 Å². The largest absolute Gasteiger partial charge is 0.495 e. The van der Waals surface area contributed by atoms with E-state index >= 15 is 0 Å². The van der Waals surface area contributed by atoms with Gasteiger partial charge in [0, 0.05) is 31.4 Å². The number of anilines is 2. The maximum absolute atomic E-state index is 12.8. The van der Waals surface area contributed by atoms with Crippen molar-refractivity contribution in [1.29, 1.82) is 0 Å². The lowest BCUT2D eigenvalue weighted by molar-refractivity contribution is 0.102. The zero-order valence-corrected chi connectivity index (χ0v) is 16.0. The third-order valence-electron chi connectivity index (χ3n) is 4.20. The highest BCUT2D eigenvalue weighted by atomic mass is 16.5. The molecule has 0 unspecified atom stereocenters. The number of rotatable bonds is 6. The Morgan fingerprint density at radius 1 is 0.964 bits per heavy atom. The Hall–Kier alpha value is -3.67. The monoisotopic (exact) mass is 375 g/mol. The second kappa shape index (κ2) is 8.35. The average Bonchev–Trinajstić information content (AvgIpc) is 2.73. The van der Waals surface area contributed by atoms with E-state index in [2.05, 4.69) is 10.3 Å². The van der Waals surface area contributed by atoms with Gasteiger partial charge in [-0.05, 0) is 30.3 Å². The molecule has 1 N–H and O–H groups in total. The molecule has 1 heterocycles. The highest BCUT2D eigenvalue weighted by Crippen LogP contribution is 2.28. The number of carbonyl (C=O) groups is 2. The summed E-state index contributed by atoms with van der Waals surface area (Å²) in [6, 6.07) is 17.4. The number of hydrogen-bond acceptors (Lipinski definition) is 5. The molecule has 0 atom stereocenters. The lowest BCUT2D eigenvalue weighted by Crippen LogP contribution is -2.20. The molecule has 0 saturated carbocycles. The van der Waals surface area contributed by atoms with Gasteiger partial charge in [-0.3, -0.25) is 9.59 Å². The molecule has 0 aliphatic heterocycles. The third-order valence-corrected chi connectivity index (χ3v) is 4.20. The fraction of sp³-hybridized carbons (Fsp3) is 0.136. The summed E-state index contributed by atoms with van der Waals surface area (Å²) in [5.41, 5.74) is 1.88. The molecule has 0 spiro atoms. The minimum Gasteiger partial charge on any atom is -0.495 e. The van der Waals surface area contributed by atoms with Crippen molar-refractivity contribution in [3.8, 4) is 5.75 Å². The van der Waals surface area contributed by atoms with Crippen LogP contribution in [-0.4, -0.2) is 37.9 Å². The number of ether oxygens (including phenoxy) is 1. The second-order valence-corrected chi connectivity index (χ2v) is 6.33. The van der Waals surface area contributed by atoms with Gasteiger partial charge in [0.15, 0.2) is 5.78 Å². The van der Waals surface area contributed by atoms with E-state index in [1.807, 2.05) is 32.3 Å². The Morgan fingerprint density at radius 2 is 1.71 bits per heavy atom. The summed E-state index contributed by atoms with van der Waals surface area (Å²) < 4.78 is 5.35. The summed E-state index contributed by atoms with van der Waals surface area (Å²) in [4.78, 5) is 31.6. The predicted octanol–water partition coefficient (Wildman–Crippen LogP) is 3.64. The van der Waals surface area contributed by atoms with Gasteiger partial charge in [-0.1, -0.05) is 30.3 Å². The number of nitrogens with one attached hydrogen (secondary N) is 1. The van der Waals surface area contributed by atoms with Crippen LogP contribution < -0.4 is 15.0 Å². The minimum absolute atomic E-state index is 0.130. The van der Waals surface area contributed by atoms with Crippen LogP contribution in [0.5, 0.6) is 5.75 Å². The molecule has 0 bridgehead atoms. The first-order valence-corrected chi connectivity index (χ1v) is 8.72. The molecule has 0 saturated heterocycles. The van der Waals surface area contributed by atoms with Crippen molar-refractivity contribution in [2.45, 2.75) is 0 Å². The number of benzene rings is 2. The topological polar surface area (TPSA) is 71.5 Å². The molecule has 0 fully saturated rings. The number of methoxy groups -OCH3 is 1. The van der Waals surface area contributed by atoms with Gasteiger partial charge in [-0.25, -0.2) is 4.98 Å². The van der Waals surface area contributed by atoms with Crippen LogP contribution in [0.15, 0.2) is 66.9 Å². The summed E-state index contributed by atoms with van der Waals surface area (Å²) >= 11 is 0. The van der Waals surface area contributed by atoms with Gasteiger partial charge in [0.25, 0.3) is 5.91 Å². The van der Waals surface area contributed by atoms with Crippen LogP contribution in [0.4, 0.5) is 11.5 Å². The van der Waals surface area contributed by atoms with E-state index < -0.39 is 0 Å². The molecule has 142 valence electrons. The quantitative estimate of drug-likeness (QED) is 0.666. The zero-order chi connectivity index (χ0) is 20.1. The molecule has 3 rings (SSSR count). The molecular weight excluding hydrogens is 354 g/mol. The molecule has 6 nitrogen and oxygen atoms in total. The summed E-state index contributed by atoms with van der Waals surface area (Å²) in [5, 5.41) is 2.84. The fourth-order valence-corrected chi connectivity index (χ4v) is 2.82. The molecule has 1 aromatic heterocycles. The highest BCUT2D eigenvalue weighted by Gasteiger charge is 2.17. The molecule has 3 aromatic rings. The van der Waals surface area contributed by atoms with Gasteiger partial charge < -0.3 is 15.0 Å². The summed E-state index contributed by atoms with van der Waals surface area (Å²) in [6.07, 6.45) is 1.63. The third kappa shape index (κ3) is 4.01. The van der Waals surface area contributed by atoms with Crippen LogP contribution in [-0.2, 0) is 0 Å². The highest BCUT2D eigenvalue weighted by molar-refractivity contribution is 6.11. The van der Waals surface area contributed by atoms with E-state index in [0.717, 1.165) is 0 Å². The van der Waals surface area contributed by atoms with E-state index in [4.69, 9.17) is 4.74 Å². The lowest BCUT2D eigenvalue weighted by atomic mass is 10.0. The summed E-state index contributed by atoms with van der Waals surface area (Å²) in [5.74, 6) is 0.553. The second-order valence-electron chi connectivity index (χ2n) is 6.33. The number of ketones is 1. The number of pyridine rings is 1. The average molecular weight is 375 g/mol. The Balaban J connectivity index is 1.93. The standard InChI is InChI=1S/C22H21N3O3/c1-25(2)21-17(10-7-13-23-21)22(27)24-18-14-16(11-12-19(18)28-3)20(26)15-8-5-4-6-9-15/h4-14H,1-3H3,(H,24,27). The van der Waals surface area contributed by atoms with Crippen LogP contribution in [0.25, 0.3) is 0 Å². The number of hydrogen-bond donors (Lipinski definition) is 1. The lowest BCUT2D eigenvalue weighted by Gasteiger charge is -2.16. The van der Waals surface area contributed by atoms with E-state index in [-0.39, 0.29) is 11.7 Å². The van der Waals surface area contributed by atoms with Crippen LogP contribution in [0.1, 0.15) is 26.3 Å². The molecule has 0 radical (unpaired) electrons. The van der Waals surface area contributed by atoms with Crippen molar-refractivity contribution < 1.29 is 14.3 Å². The molecule has 0 aliphatic carbocycles. The van der Waals surface area contributed by atoms with E-state index in [9.17, 15) is 9.59 Å². The normalized spacial score (nSPS) is 10.2. The zero-order valence-electron chi connectivity index (χ0n) is 16.0. The van der Waals surface area contributed by atoms with Crippen molar-refractivity contribution in [3.63, 3.8) is 0 Å². The number of nitrogens with zero attached hydrogens (tertiary/aromatic N) is 2. The Morgan fingerprint density at radius 3 is 2.39 bits per heavy atom. The van der Waals surface area contributed by atoms with Crippen LogP contribution >= 0.6 is 0 Å². The smallest absolute Gasteiger partial charge is 0.259 e. The first kappa shape index (κ1) is 19.1. The molecule has 28 heavy (non-hydrogen) atoms. The van der Waals surface area contributed by atoms with Crippen molar-refractivity contribution >= 4 is 23.2 Å².